The van der Waals surface area contributed by atoms with Crippen molar-refractivity contribution in [3.63, 3.8) is 0 Å². The van der Waals surface area contributed by atoms with Gasteiger partial charge in [-0.25, -0.2) is 4.79 Å². The lowest BCUT2D eigenvalue weighted by Gasteiger charge is -2.07. The second-order valence-electron chi connectivity index (χ2n) is 3.95. The van der Waals surface area contributed by atoms with E-state index in [4.69, 9.17) is 5.11 Å². The topological polar surface area (TPSA) is 66.0 Å². The molecule has 0 saturated carbocycles. The predicted molar refractivity (Wildman–Crippen MR) is 60.7 cm³/mol. The molecule has 0 radical (unpaired) electrons. The van der Waals surface area contributed by atoms with Crippen molar-refractivity contribution in [1.29, 1.82) is 0 Å². The number of aromatic carboxylic acids is 1. The molecule has 1 heterocycles. The number of rotatable bonds is 2. The van der Waals surface area contributed by atoms with Gasteiger partial charge >= 0.3 is 12.1 Å². The molecule has 4 nitrogen and oxygen atoms in total. The summed E-state index contributed by atoms with van der Waals surface area (Å²) >= 11 is 0. The molecule has 100 valence electrons. The zero-order valence-electron chi connectivity index (χ0n) is 9.75. The number of H-pyrrole nitrogens is 1. The van der Waals surface area contributed by atoms with Gasteiger partial charge in [-0.3, -0.25) is 5.10 Å². The van der Waals surface area contributed by atoms with Crippen LogP contribution in [0.1, 0.15) is 21.6 Å². The molecule has 2 aromatic rings. The molecular formula is C12H9F3N2O2. The lowest BCUT2D eigenvalue weighted by Crippen LogP contribution is -2.04. The van der Waals surface area contributed by atoms with Crippen LogP contribution >= 0.6 is 0 Å². The molecule has 0 amide bonds. The number of hydrogen-bond acceptors (Lipinski definition) is 2. The Hall–Kier alpha value is -2.31. The number of aryl methyl sites for hydroxylation is 1. The van der Waals surface area contributed by atoms with E-state index in [1.165, 1.54) is 19.1 Å². The van der Waals surface area contributed by atoms with E-state index < -0.39 is 17.7 Å². The first-order chi connectivity index (χ1) is 8.80. The molecule has 0 unspecified atom stereocenters. The van der Waals surface area contributed by atoms with Crippen LogP contribution in [0.2, 0.25) is 0 Å². The maximum Gasteiger partial charge on any atom is 0.416 e. The third kappa shape index (κ3) is 2.44. The first kappa shape index (κ1) is 13.1. The summed E-state index contributed by atoms with van der Waals surface area (Å²) in [6.45, 7) is 1.53. The SMILES string of the molecule is Cc1[nH]nc(-c2ccc(C(F)(F)F)cc2)c1C(=O)O. The van der Waals surface area contributed by atoms with Crippen LogP contribution in [-0.4, -0.2) is 21.3 Å². The average molecular weight is 270 g/mol. The highest BCUT2D eigenvalue weighted by Gasteiger charge is 2.30. The first-order valence-electron chi connectivity index (χ1n) is 5.26. The van der Waals surface area contributed by atoms with E-state index in [-0.39, 0.29) is 11.3 Å². The summed E-state index contributed by atoms with van der Waals surface area (Å²) in [5.74, 6) is -1.18. The Balaban J connectivity index is 2.46. The predicted octanol–water partition coefficient (Wildman–Crippen LogP) is 3.10. The van der Waals surface area contributed by atoms with Crippen molar-refractivity contribution >= 4 is 5.97 Å². The van der Waals surface area contributed by atoms with Gasteiger partial charge < -0.3 is 5.11 Å². The second-order valence-corrected chi connectivity index (χ2v) is 3.95. The average Bonchev–Trinajstić information content (AvgIpc) is 2.70. The van der Waals surface area contributed by atoms with Gasteiger partial charge in [0.1, 0.15) is 11.3 Å². The Labute approximate surface area is 105 Å². The first-order valence-corrected chi connectivity index (χ1v) is 5.26. The number of aromatic nitrogens is 2. The second kappa shape index (κ2) is 4.42. The lowest BCUT2D eigenvalue weighted by molar-refractivity contribution is -0.137. The van der Waals surface area contributed by atoms with Gasteiger partial charge in [0.2, 0.25) is 0 Å². The van der Waals surface area contributed by atoms with Crippen molar-refractivity contribution < 1.29 is 23.1 Å². The molecule has 0 aliphatic heterocycles. The highest BCUT2D eigenvalue weighted by Crippen LogP contribution is 2.31. The number of carbonyl (C=O) groups is 1. The van der Waals surface area contributed by atoms with Gasteiger partial charge in [-0.1, -0.05) is 12.1 Å². The van der Waals surface area contributed by atoms with Crippen LogP contribution in [0.3, 0.4) is 0 Å². The highest BCUT2D eigenvalue weighted by molar-refractivity contribution is 5.96. The molecule has 0 atom stereocenters. The summed E-state index contributed by atoms with van der Waals surface area (Å²) in [6.07, 6.45) is -4.42. The molecule has 2 N–H and O–H groups in total. The number of nitrogens with zero attached hydrogens (tertiary/aromatic N) is 1. The molecule has 0 saturated heterocycles. The van der Waals surface area contributed by atoms with Gasteiger partial charge in [0, 0.05) is 11.3 Å². The summed E-state index contributed by atoms with van der Waals surface area (Å²) in [5, 5.41) is 15.4. The molecule has 0 aliphatic rings. The summed E-state index contributed by atoms with van der Waals surface area (Å²) in [6, 6.07) is 4.19. The minimum Gasteiger partial charge on any atom is -0.478 e. The van der Waals surface area contributed by atoms with Crippen molar-refractivity contribution in [2.75, 3.05) is 0 Å². The summed E-state index contributed by atoms with van der Waals surface area (Å²) in [5.41, 5.74) is -0.0454. The van der Waals surface area contributed by atoms with Crippen molar-refractivity contribution in [2.45, 2.75) is 13.1 Å². The fourth-order valence-corrected chi connectivity index (χ4v) is 1.72. The Bertz CT molecular complexity index is 615. The normalized spacial score (nSPS) is 11.6. The minimum atomic E-state index is -4.42. The quantitative estimate of drug-likeness (QED) is 0.881. The Kier molecular flexibility index (Phi) is 3.05. The number of nitrogens with one attached hydrogen (secondary N) is 1. The molecule has 0 aliphatic carbocycles. The maximum atomic E-state index is 12.4. The van der Waals surface area contributed by atoms with Crippen LogP contribution in [-0.2, 0) is 6.18 Å². The van der Waals surface area contributed by atoms with Gasteiger partial charge in [0.15, 0.2) is 0 Å². The van der Waals surface area contributed by atoms with Gasteiger partial charge in [-0.05, 0) is 19.1 Å². The van der Waals surface area contributed by atoms with E-state index in [1.54, 1.807) is 0 Å². The van der Waals surface area contributed by atoms with Crippen molar-refractivity contribution in [1.82, 2.24) is 10.2 Å². The Morgan fingerprint density at radius 3 is 2.32 bits per heavy atom. The molecule has 1 aromatic carbocycles. The zero-order chi connectivity index (χ0) is 14.2. The van der Waals surface area contributed by atoms with Gasteiger partial charge in [-0.2, -0.15) is 18.3 Å². The van der Waals surface area contributed by atoms with E-state index in [2.05, 4.69) is 10.2 Å². The number of carboxylic acid groups (broad SMARTS) is 1. The van der Waals surface area contributed by atoms with Crippen molar-refractivity contribution in [2.24, 2.45) is 0 Å². The molecule has 0 bridgehead atoms. The fourth-order valence-electron chi connectivity index (χ4n) is 1.72. The molecule has 19 heavy (non-hydrogen) atoms. The third-order valence-electron chi connectivity index (χ3n) is 2.65. The number of halogens is 3. The monoisotopic (exact) mass is 270 g/mol. The number of aromatic amines is 1. The van der Waals surface area contributed by atoms with E-state index in [0.717, 1.165) is 12.1 Å². The molecule has 0 fully saturated rings. The molecule has 7 heteroatoms. The van der Waals surface area contributed by atoms with Gasteiger partial charge in [-0.15, -0.1) is 0 Å². The van der Waals surface area contributed by atoms with Crippen LogP contribution in [0.15, 0.2) is 24.3 Å². The molecule has 2 rings (SSSR count). The summed E-state index contributed by atoms with van der Waals surface area (Å²) in [7, 11) is 0. The Morgan fingerprint density at radius 2 is 1.84 bits per heavy atom. The number of carboxylic acids is 1. The zero-order valence-corrected chi connectivity index (χ0v) is 9.75. The standard InChI is InChI=1S/C12H9F3N2O2/c1-6-9(11(18)19)10(17-16-6)7-2-4-8(5-3-7)12(13,14)15/h2-5H,1H3,(H,16,17)(H,18,19). The largest absolute Gasteiger partial charge is 0.478 e. The van der Waals surface area contributed by atoms with Crippen molar-refractivity contribution in [3.8, 4) is 11.3 Å². The molecular weight excluding hydrogens is 261 g/mol. The maximum absolute atomic E-state index is 12.4. The summed E-state index contributed by atoms with van der Waals surface area (Å²) in [4.78, 5) is 11.1. The van der Waals surface area contributed by atoms with Crippen LogP contribution in [0.5, 0.6) is 0 Å². The van der Waals surface area contributed by atoms with Crippen LogP contribution in [0, 0.1) is 6.92 Å². The van der Waals surface area contributed by atoms with Gasteiger partial charge in [0.05, 0.1) is 5.56 Å². The van der Waals surface area contributed by atoms with E-state index in [1.807, 2.05) is 0 Å². The van der Waals surface area contributed by atoms with Crippen LogP contribution < -0.4 is 0 Å². The van der Waals surface area contributed by atoms with Gasteiger partial charge in [0.25, 0.3) is 0 Å². The number of alkyl halides is 3. The smallest absolute Gasteiger partial charge is 0.416 e. The summed E-state index contributed by atoms with van der Waals surface area (Å²) < 4.78 is 37.3. The lowest BCUT2D eigenvalue weighted by atomic mass is 10.0. The van der Waals surface area contributed by atoms with Crippen molar-refractivity contribution in [3.05, 3.63) is 41.1 Å². The van der Waals surface area contributed by atoms with Crippen LogP contribution in [0.25, 0.3) is 11.3 Å². The fraction of sp³-hybridized carbons (Fsp3) is 0.167. The molecule has 0 spiro atoms. The van der Waals surface area contributed by atoms with E-state index in [0.29, 0.717) is 11.3 Å². The van der Waals surface area contributed by atoms with E-state index in [9.17, 15) is 18.0 Å². The van der Waals surface area contributed by atoms with E-state index >= 15 is 0 Å². The highest BCUT2D eigenvalue weighted by atomic mass is 19.4. The Morgan fingerprint density at radius 1 is 1.26 bits per heavy atom. The van der Waals surface area contributed by atoms with Crippen LogP contribution in [0.4, 0.5) is 13.2 Å². The minimum absolute atomic E-state index is 0.0419. The molecule has 1 aromatic heterocycles. The number of benzene rings is 1. The number of hydrogen-bond donors (Lipinski definition) is 2. The third-order valence-corrected chi connectivity index (χ3v) is 2.65.